The summed E-state index contributed by atoms with van der Waals surface area (Å²) in [6.45, 7) is 10.1. The van der Waals surface area contributed by atoms with Gasteiger partial charge in [0.2, 0.25) is 0 Å². The number of hydrogen-bond acceptors (Lipinski definition) is 6. The predicted molar refractivity (Wildman–Crippen MR) is 148 cm³/mol. The lowest BCUT2D eigenvalue weighted by Gasteiger charge is -2.25. The number of ether oxygens (including phenoxy) is 1. The third-order valence-electron chi connectivity index (χ3n) is 7.23. The SMILES string of the molecule is Cc1nc2ncc(-c3ccc4c(c3)CCC(Cc3nc(CN(C)C)nc(C)c3C(C)C)CCO4)cc2[nH]1. The molecule has 1 N–H and O–H groups in total. The van der Waals surface area contributed by atoms with Gasteiger partial charge in [-0.1, -0.05) is 19.9 Å². The Hall–Kier alpha value is -3.32. The molecule has 0 fully saturated rings. The van der Waals surface area contributed by atoms with Crippen LogP contribution in [0.4, 0.5) is 0 Å². The van der Waals surface area contributed by atoms with Crippen molar-refractivity contribution in [2.75, 3.05) is 20.7 Å². The number of aromatic nitrogens is 5. The molecule has 7 heteroatoms. The van der Waals surface area contributed by atoms with E-state index in [1.165, 1.54) is 16.8 Å². The van der Waals surface area contributed by atoms with Gasteiger partial charge in [0.25, 0.3) is 0 Å². The largest absolute Gasteiger partial charge is 0.493 e. The number of rotatable bonds is 6. The van der Waals surface area contributed by atoms with E-state index >= 15 is 0 Å². The van der Waals surface area contributed by atoms with Gasteiger partial charge in [-0.05, 0) is 100 Å². The Bertz CT molecular complexity index is 1410. The normalized spacial score (nSPS) is 16.1. The second kappa shape index (κ2) is 10.6. The van der Waals surface area contributed by atoms with Crippen LogP contribution >= 0.6 is 0 Å². The summed E-state index contributed by atoms with van der Waals surface area (Å²) in [6.07, 6.45) is 6.01. The molecule has 7 nitrogen and oxygen atoms in total. The summed E-state index contributed by atoms with van der Waals surface area (Å²) in [6, 6.07) is 8.65. The molecule has 1 atom stereocenters. The average Bonchev–Trinajstić information content (AvgIpc) is 3.19. The Kier molecular flexibility index (Phi) is 7.24. The average molecular weight is 499 g/mol. The summed E-state index contributed by atoms with van der Waals surface area (Å²) < 4.78 is 6.27. The van der Waals surface area contributed by atoms with Crippen LogP contribution in [0.1, 0.15) is 66.8 Å². The van der Waals surface area contributed by atoms with Crippen LogP contribution in [0, 0.1) is 19.8 Å². The number of hydrogen-bond donors (Lipinski definition) is 1. The van der Waals surface area contributed by atoms with E-state index in [-0.39, 0.29) is 0 Å². The molecule has 0 saturated carbocycles. The third-order valence-corrected chi connectivity index (χ3v) is 7.23. The highest BCUT2D eigenvalue weighted by molar-refractivity contribution is 5.78. The molecule has 0 aliphatic carbocycles. The highest BCUT2D eigenvalue weighted by Crippen LogP contribution is 2.33. The molecule has 1 unspecified atom stereocenters. The molecular weight excluding hydrogens is 460 g/mol. The van der Waals surface area contributed by atoms with Crippen molar-refractivity contribution in [1.82, 2.24) is 29.8 Å². The molecule has 194 valence electrons. The smallest absolute Gasteiger partial charge is 0.177 e. The van der Waals surface area contributed by atoms with E-state index in [4.69, 9.17) is 14.7 Å². The minimum absolute atomic E-state index is 0.404. The fourth-order valence-corrected chi connectivity index (χ4v) is 5.55. The first-order valence-corrected chi connectivity index (χ1v) is 13.4. The first kappa shape index (κ1) is 25.3. The number of aryl methyl sites for hydroxylation is 3. The molecule has 1 aromatic carbocycles. The Balaban J connectivity index is 1.37. The van der Waals surface area contributed by atoms with E-state index < -0.39 is 0 Å². The van der Waals surface area contributed by atoms with Gasteiger partial charge in [0.1, 0.15) is 17.4 Å². The standard InChI is InChI=1S/C30H38N6O/c1-18(2)29-19(3)32-28(17-36(5)6)35-25(29)13-21-7-8-23-14-22(9-10-27(23)37-12-11-21)24-15-26-30(31-16-24)34-20(4)33-26/h9-10,14-16,18,21H,7-8,11-13,17H2,1-6H3,(H,31,33,34). The second-order valence-electron chi connectivity index (χ2n) is 11.0. The molecule has 0 spiro atoms. The topological polar surface area (TPSA) is 79.8 Å². The maximum absolute atomic E-state index is 6.27. The Morgan fingerprint density at radius 2 is 1.89 bits per heavy atom. The minimum atomic E-state index is 0.404. The fraction of sp³-hybridized carbons (Fsp3) is 0.467. The zero-order valence-corrected chi connectivity index (χ0v) is 22.9. The molecule has 1 aliphatic rings. The molecule has 0 amide bonds. The van der Waals surface area contributed by atoms with E-state index in [9.17, 15) is 0 Å². The van der Waals surface area contributed by atoms with Crippen LogP contribution in [0.3, 0.4) is 0 Å². The minimum Gasteiger partial charge on any atom is -0.493 e. The van der Waals surface area contributed by atoms with E-state index in [1.807, 2.05) is 13.1 Å². The number of pyridine rings is 1. The molecule has 4 aromatic rings. The van der Waals surface area contributed by atoms with Crippen LogP contribution in [0.2, 0.25) is 0 Å². The summed E-state index contributed by atoms with van der Waals surface area (Å²) in [4.78, 5) is 24.3. The number of aromatic amines is 1. The second-order valence-corrected chi connectivity index (χ2v) is 11.0. The van der Waals surface area contributed by atoms with Crippen molar-refractivity contribution in [3.63, 3.8) is 0 Å². The summed E-state index contributed by atoms with van der Waals surface area (Å²) in [7, 11) is 4.13. The van der Waals surface area contributed by atoms with E-state index in [1.54, 1.807) is 0 Å². The number of fused-ring (bicyclic) bond motifs is 2. The van der Waals surface area contributed by atoms with E-state index in [0.29, 0.717) is 11.8 Å². The van der Waals surface area contributed by atoms with Crippen LogP contribution < -0.4 is 4.74 Å². The Labute approximate surface area is 219 Å². The number of benzene rings is 1. The van der Waals surface area contributed by atoms with Crippen molar-refractivity contribution in [3.8, 4) is 16.9 Å². The number of imidazole rings is 1. The first-order valence-electron chi connectivity index (χ1n) is 13.4. The van der Waals surface area contributed by atoms with Gasteiger partial charge in [0.15, 0.2) is 5.65 Å². The van der Waals surface area contributed by atoms with Gasteiger partial charge < -0.3 is 14.6 Å². The van der Waals surface area contributed by atoms with E-state index in [2.05, 4.69) is 79.0 Å². The quantitative estimate of drug-likeness (QED) is 0.362. The summed E-state index contributed by atoms with van der Waals surface area (Å²) >= 11 is 0. The zero-order valence-electron chi connectivity index (χ0n) is 22.9. The van der Waals surface area contributed by atoms with Gasteiger partial charge in [-0.25, -0.2) is 19.9 Å². The lowest BCUT2D eigenvalue weighted by atomic mass is 9.87. The van der Waals surface area contributed by atoms with Crippen LogP contribution in [0.5, 0.6) is 5.75 Å². The molecule has 37 heavy (non-hydrogen) atoms. The van der Waals surface area contributed by atoms with E-state index in [0.717, 1.165) is 84.2 Å². The van der Waals surface area contributed by atoms with Gasteiger partial charge in [0, 0.05) is 23.1 Å². The first-order chi connectivity index (χ1) is 17.8. The Morgan fingerprint density at radius 3 is 2.68 bits per heavy atom. The lowest BCUT2D eigenvalue weighted by Crippen LogP contribution is -2.20. The van der Waals surface area contributed by atoms with Gasteiger partial charge in [-0.15, -0.1) is 0 Å². The van der Waals surface area contributed by atoms with Crippen molar-refractivity contribution in [3.05, 3.63) is 64.6 Å². The van der Waals surface area contributed by atoms with Gasteiger partial charge in [-0.3, -0.25) is 0 Å². The number of nitrogens with one attached hydrogen (secondary N) is 1. The molecule has 0 saturated heterocycles. The molecule has 0 radical (unpaired) electrons. The van der Waals surface area contributed by atoms with Crippen molar-refractivity contribution < 1.29 is 4.74 Å². The van der Waals surface area contributed by atoms with Crippen molar-refractivity contribution in [2.45, 2.75) is 65.8 Å². The maximum atomic E-state index is 6.27. The fourth-order valence-electron chi connectivity index (χ4n) is 5.55. The Morgan fingerprint density at radius 1 is 1.05 bits per heavy atom. The molecule has 3 aromatic heterocycles. The number of nitrogens with zero attached hydrogens (tertiary/aromatic N) is 5. The predicted octanol–water partition coefficient (Wildman–Crippen LogP) is 5.79. The van der Waals surface area contributed by atoms with Crippen molar-refractivity contribution in [2.24, 2.45) is 5.92 Å². The molecular formula is C30H38N6O. The molecule has 5 rings (SSSR count). The maximum Gasteiger partial charge on any atom is 0.177 e. The van der Waals surface area contributed by atoms with Crippen LogP contribution in [-0.2, 0) is 19.4 Å². The molecule has 4 heterocycles. The zero-order chi connectivity index (χ0) is 26.1. The molecule has 0 bridgehead atoms. The van der Waals surface area contributed by atoms with Crippen molar-refractivity contribution >= 4 is 11.2 Å². The number of H-pyrrole nitrogens is 1. The highest BCUT2D eigenvalue weighted by atomic mass is 16.5. The lowest BCUT2D eigenvalue weighted by molar-refractivity contribution is 0.256. The van der Waals surface area contributed by atoms with Gasteiger partial charge >= 0.3 is 0 Å². The van der Waals surface area contributed by atoms with Crippen LogP contribution in [-0.4, -0.2) is 50.5 Å². The summed E-state index contributed by atoms with van der Waals surface area (Å²) in [5, 5.41) is 0. The monoisotopic (exact) mass is 498 g/mol. The van der Waals surface area contributed by atoms with Gasteiger partial charge in [-0.2, -0.15) is 0 Å². The van der Waals surface area contributed by atoms with Crippen LogP contribution in [0.15, 0.2) is 30.5 Å². The summed E-state index contributed by atoms with van der Waals surface area (Å²) in [5.41, 5.74) is 8.87. The third kappa shape index (κ3) is 5.67. The van der Waals surface area contributed by atoms with Crippen molar-refractivity contribution in [1.29, 1.82) is 0 Å². The summed E-state index contributed by atoms with van der Waals surface area (Å²) in [5.74, 6) is 3.72. The molecule has 1 aliphatic heterocycles. The van der Waals surface area contributed by atoms with Gasteiger partial charge in [0.05, 0.1) is 18.7 Å². The van der Waals surface area contributed by atoms with Crippen LogP contribution in [0.25, 0.3) is 22.3 Å². The highest BCUT2D eigenvalue weighted by Gasteiger charge is 2.22.